The molecule has 0 fully saturated rings. The minimum atomic E-state index is -0.894. The van der Waals surface area contributed by atoms with E-state index < -0.39 is 17.4 Å². The third kappa shape index (κ3) is 2.14. The highest BCUT2D eigenvalue weighted by molar-refractivity contribution is 7.80. The van der Waals surface area contributed by atoms with Gasteiger partial charge in [0.1, 0.15) is 0 Å². The van der Waals surface area contributed by atoms with Crippen molar-refractivity contribution in [3.8, 4) is 0 Å². The Balaban J connectivity index is 4.27. The Bertz CT molecular complexity index is 145. The topological polar surface area (TPSA) is 89.4 Å². The highest BCUT2D eigenvalue weighted by Gasteiger charge is 2.18. The number of imide groups is 1. The van der Waals surface area contributed by atoms with Crippen LogP contribution >= 0.6 is 12.6 Å². The van der Waals surface area contributed by atoms with Crippen LogP contribution in [0.2, 0.25) is 0 Å². The van der Waals surface area contributed by atoms with Crippen molar-refractivity contribution in [1.82, 2.24) is 4.90 Å². The van der Waals surface area contributed by atoms with Gasteiger partial charge in [0.25, 0.3) is 0 Å². The molecule has 0 spiro atoms. The third-order valence-electron chi connectivity index (χ3n) is 0.849. The number of hydrogen-bond donors (Lipinski definition) is 3. The van der Waals surface area contributed by atoms with Gasteiger partial charge in [-0.3, -0.25) is 0 Å². The van der Waals surface area contributed by atoms with Crippen LogP contribution in [0.1, 0.15) is 6.92 Å². The molecule has 0 rings (SSSR count). The molecule has 6 heteroatoms. The molecule has 1 atom stereocenters. The first-order valence-electron chi connectivity index (χ1n) is 2.53. The van der Waals surface area contributed by atoms with E-state index in [4.69, 9.17) is 11.5 Å². The van der Waals surface area contributed by atoms with Gasteiger partial charge < -0.3 is 11.5 Å². The van der Waals surface area contributed by atoms with Crippen LogP contribution in [0.4, 0.5) is 9.59 Å². The normalized spacial score (nSPS) is 12.2. The van der Waals surface area contributed by atoms with E-state index in [0.29, 0.717) is 4.90 Å². The number of nitrogens with two attached hydrogens (primary N) is 2. The lowest BCUT2D eigenvalue weighted by molar-refractivity contribution is 0.196. The largest absolute Gasteiger partial charge is 0.351 e. The van der Waals surface area contributed by atoms with Crippen molar-refractivity contribution in [2.45, 2.75) is 12.3 Å². The summed E-state index contributed by atoms with van der Waals surface area (Å²) in [5, 5.41) is -0.588. The number of hydrogen-bond acceptors (Lipinski definition) is 3. The fraction of sp³-hybridized carbons (Fsp3) is 0.500. The number of carbonyl (C=O) groups excluding carboxylic acids is 2. The molecule has 0 aromatic heterocycles. The van der Waals surface area contributed by atoms with Crippen LogP contribution in [-0.2, 0) is 0 Å². The second-order valence-corrected chi connectivity index (χ2v) is 2.43. The molecule has 10 heavy (non-hydrogen) atoms. The Morgan fingerprint density at radius 2 is 1.70 bits per heavy atom. The molecule has 0 aromatic rings. The molecule has 0 aromatic carbocycles. The highest BCUT2D eigenvalue weighted by Crippen LogP contribution is 2.00. The van der Waals surface area contributed by atoms with Crippen LogP contribution < -0.4 is 11.5 Å². The van der Waals surface area contributed by atoms with Gasteiger partial charge in [-0.1, -0.05) is 0 Å². The summed E-state index contributed by atoms with van der Waals surface area (Å²) in [6.07, 6.45) is 0. The van der Waals surface area contributed by atoms with E-state index in [1.54, 1.807) is 0 Å². The summed E-state index contributed by atoms with van der Waals surface area (Å²) < 4.78 is 0. The molecule has 0 radical (unpaired) electrons. The fourth-order valence-electron chi connectivity index (χ4n) is 0.477. The van der Waals surface area contributed by atoms with Crippen LogP contribution in [-0.4, -0.2) is 22.3 Å². The quantitative estimate of drug-likeness (QED) is 0.366. The Kier molecular flexibility index (Phi) is 3.01. The zero-order chi connectivity index (χ0) is 8.31. The van der Waals surface area contributed by atoms with Gasteiger partial charge in [0.05, 0.1) is 5.37 Å². The number of thiol groups is 1. The fourth-order valence-corrected chi connectivity index (χ4v) is 0.705. The molecule has 0 aliphatic heterocycles. The monoisotopic (exact) mass is 163 g/mol. The maximum atomic E-state index is 10.4. The Morgan fingerprint density at radius 1 is 1.40 bits per heavy atom. The number of nitrogens with zero attached hydrogens (tertiary/aromatic N) is 1. The molecule has 0 aliphatic carbocycles. The lowest BCUT2D eigenvalue weighted by atomic mass is 10.6. The minimum absolute atomic E-state index is 0.588. The smallest absolute Gasteiger partial charge is 0.323 e. The van der Waals surface area contributed by atoms with Crippen molar-refractivity contribution in [3.63, 3.8) is 0 Å². The first-order valence-corrected chi connectivity index (χ1v) is 3.04. The zero-order valence-electron chi connectivity index (χ0n) is 5.44. The Labute approximate surface area is 63.8 Å². The average Bonchev–Trinajstić information content (AvgIpc) is 1.59. The van der Waals surface area contributed by atoms with Crippen LogP contribution in [0.5, 0.6) is 0 Å². The van der Waals surface area contributed by atoms with Crippen molar-refractivity contribution < 1.29 is 9.59 Å². The van der Waals surface area contributed by atoms with Gasteiger partial charge in [-0.15, -0.1) is 0 Å². The van der Waals surface area contributed by atoms with Gasteiger partial charge in [0.2, 0.25) is 0 Å². The van der Waals surface area contributed by atoms with Crippen molar-refractivity contribution >= 4 is 24.7 Å². The second kappa shape index (κ2) is 3.31. The minimum Gasteiger partial charge on any atom is -0.351 e. The Hall–Kier alpha value is -0.910. The summed E-state index contributed by atoms with van der Waals surface area (Å²) in [5.41, 5.74) is 9.55. The number of primary amides is 2. The van der Waals surface area contributed by atoms with E-state index in [1.165, 1.54) is 6.92 Å². The predicted octanol–water partition coefficient (Wildman–Crippen LogP) is -0.278. The molecule has 0 aliphatic rings. The number of carbonyl (C=O) groups is 2. The Morgan fingerprint density at radius 3 is 1.70 bits per heavy atom. The molecule has 0 saturated carbocycles. The van der Waals surface area contributed by atoms with E-state index in [1.807, 2.05) is 0 Å². The molecule has 1 unspecified atom stereocenters. The van der Waals surface area contributed by atoms with Crippen LogP contribution in [0.25, 0.3) is 0 Å². The molecule has 5 nitrogen and oxygen atoms in total. The summed E-state index contributed by atoms with van der Waals surface area (Å²) in [5.74, 6) is 0. The molecular weight excluding hydrogens is 154 g/mol. The van der Waals surface area contributed by atoms with Crippen molar-refractivity contribution in [3.05, 3.63) is 0 Å². The number of amides is 4. The van der Waals surface area contributed by atoms with E-state index >= 15 is 0 Å². The van der Waals surface area contributed by atoms with Crippen LogP contribution in [0.15, 0.2) is 0 Å². The SMILES string of the molecule is CC(S)N(C(N)=O)C(N)=O. The first-order chi connectivity index (χ1) is 4.46. The summed E-state index contributed by atoms with van der Waals surface area (Å²) in [6, 6.07) is -1.79. The van der Waals surface area contributed by atoms with E-state index in [9.17, 15) is 9.59 Å². The van der Waals surface area contributed by atoms with E-state index in [-0.39, 0.29) is 0 Å². The summed E-state index contributed by atoms with van der Waals surface area (Å²) >= 11 is 3.80. The maximum absolute atomic E-state index is 10.4. The molecule has 4 N–H and O–H groups in total. The lowest BCUT2D eigenvalue weighted by Crippen LogP contribution is -2.47. The summed E-state index contributed by atoms with van der Waals surface area (Å²) in [6.45, 7) is 1.51. The molecule has 0 saturated heterocycles. The van der Waals surface area contributed by atoms with Crippen LogP contribution in [0, 0.1) is 0 Å². The van der Waals surface area contributed by atoms with Gasteiger partial charge in [-0.2, -0.15) is 12.6 Å². The van der Waals surface area contributed by atoms with Crippen LogP contribution in [0.3, 0.4) is 0 Å². The van der Waals surface area contributed by atoms with Gasteiger partial charge >= 0.3 is 12.1 Å². The molecule has 0 heterocycles. The van der Waals surface area contributed by atoms with E-state index in [2.05, 4.69) is 12.6 Å². The van der Waals surface area contributed by atoms with Crippen molar-refractivity contribution in [2.24, 2.45) is 11.5 Å². The highest BCUT2D eigenvalue weighted by atomic mass is 32.1. The van der Waals surface area contributed by atoms with Crippen molar-refractivity contribution in [2.75, 3.05) is 0 Å². The maximum Gasteiger partial charge on any atom is 0.323 e. The second-order valence-electron chi connectivity index (χ2n) is 1.68. The lowest BCUT2D eigenvalue weighted by Gasteiger charge is -2.18. The predicted molar refractivity (Wildman–Crippen MR) is 39.5 cm³/mol. The molecular formula is C4H9N3O2S. The number of urea groups is 2. The summed E-state index contributed by atoms with van der Waals surface area (Å²) in [4.78, 5) is 21.4. The molecule has 0 bridgehead atoms. The van der Waals surface area contributed by atoms with Gasteiger partial charge in [0, 0.05) is 0 Å². The first kappa shape index (κ1) is 9.09. The van der Waals surface area contributed by atoms with E-state index in [0.717, 1.165) is 0 Å². The van der Waals surface area contributed by atoms with Gasteiger partial charge in [0.15, 0.2) is 0 Å². The number of rotatable bonds is 1. The van der Waals surface area contributed by atoms with Gasteiger partial charge in [-0.05, 0) is 6.92 Å². The third-order valence-corrected chi connectivity index (χ3v) is 1.08. The average molecular weight is 163 g/mol. The summed E-state index contributed by atoms with van der Waals surface area (Å²) in [7, 11) is 0. The van der Waals surface area contributed by atoms with Crippen molar-refractivity contribution in [1.29, 1.82) is 0 Å². The standard InChI is InChI=1S/C4H9N3O2S/c1-2(10)7(3(5)8)4(6)9/h2,10H,1H3,(H2,5,8)(H2,6,9). The van der Waals surface area contributed by atoms with Gasteiger partial charge in [-0.25, -0.2) is 14.5 Å². The zero-order valence-corrected chi connectivity index (χ0v) is 6.34. The molecule has 4 amide bonds. The molecule has 58 valence electrons.